The lowest BCUT2D eigenvalue weighted by atomic mass is 10.3. The molecule has 0 amide bonds. The summed E-state index contributed by atoms with van der Waals surface area (Å²) in [7, 11) is 0. The predicted octanol–water partition coefficient (Wildman–Crippen LogP) is 3.01. The summed E-state index contributed by atoms with van der Waals surface area (Å²) in [6.07, 6.45) is 1.09. The fourth-order valence-electron chi connectivity index (χ4n) is 0.633. The number of nitrogens with one attached hydrogen (secondary N) is 1. The van der Waals surface area contributed by atoms with Crippen LogP contribution in [0.3, 0.4) is 0 Å². The molecule has 0 radical (unpaired) electrons. The zero-order chi connectivity index (χ0) is 8.27. The third-order valence-electron chi connectivity index (χ3n) is 1.46. The quantitative estimate of drug-likeness (QED) is 0.793. The molecule has 0 spiro atoms. The van der Waals surface area contributed by atoms with Crippen LogP contribution < -0.4 is 5.32 Å². The maximum Gasteiger partial charge on any atom is 0.184 e. The molecular weight excluding hydrogens is 180 g/mol. The Hall–Kier alpha value is -0.280. The Balaban J connectivity index is 2.50. The second-order valence-corrected chi connectivity index (χ2v) is 3.67. The molecule has 0 aromatic carbocycles. The number of nitrogens with zero attached hydrogens (tertiary/aromatic N) is 1. The van der Waals surface area contributed by atoms with Crippen LogP contribution in [0.15, 0.2) is 5.38 Å². The number of rotatable bonds is 3. The maximum atomic E-state index is 5.65. The van der Waals surface area contributed by atoms with Gasteiger partial charge in [-0.05, 0) is 13.3 Å². The van der Waals surface area contributed by atoms with Crippen LogP contribution in [0, 0.1) is 0 Å². The van der Waals surface area contributed by atoms with Crippen LogP contribution in [0.5, 0.6) is 0 Å². The molecule has 1 atom stereocenters. The van der Waals surface area contributed by atoms with Crippen molar-refractivity contribution in [2.45, 2.75) is 26.3 Å². The van der Waals surface area contributed by atoms with Gasteiger partial charge in [0.2, 0.25) is 0 Å². The first-order valence-electron chi connectivity index (χ1n) is 3.60. The van der Waals surface area contributed by atoms with Crippen LogP contribution in [0.1, 0.15) is 20.3 Å². The molecule has 0 fully saturated rings. The highest BCUT2D eigenvalue weighted by Crippen LogP contribution is 2.19. The first kappa shape index (κ1) is 8.81. The summed E-state index contributed by atoms with van der Waals surface area (Å²) in [5.74, 6) is 0. The van der Waals surface area contributed by atoms with Gasteiger partial charge in [-0.2, -0.15) is 0 Å². The smallest absolute Gasteiger partial charge is 0.184 e. The average molecular weight is 191 g/mol. The molecule has 4 heteroatoms. The minimum absolute atomic E-state index is 0.470. The van der Waals surface area contributed by atoms with Crippen LogP contribution in [-0.2, 0) is 0 Å². The number of aromatic nitrogens is 1. The normalized spacial score (nSPS) is 13.0. The molecule has 0 aliphatic rings. The monoisotopic (exact) mass is 190 g/mol. The first-order valence-corrected chi connectivity index (χ1v) is 4.85. The van der Waals surface area contributed by atoms with Crippen LogP contribution in [0.2, 0.25) is 5.15 Å². The fraction of sp³-hybridized carbons (Fsp3) is 0.571. The van der Waals surface area contributed by atoms with Gasteiger partial charge in [0.25, 0.3) is 0 Å². The molecule has 0 bridgehead atoms. The molecule has 0 aliphatic carbocycles. The third kappa shape index (κ3) is 2.67. The minimum Gasteiger partial charge on any atom is -0.359 e. The summed E-state index contributed by atoms with van der Waals surface area (Å²) in [5, 5.41) is 6.54. The summed E-state index contributed by atoms with van der Waals surface area (Å²) in [4.78, 5) is 4.07. The zero-order valence-electron chi connectivity index (χ0n) is 6.60. The standard InChI is InChI=1S/C7H11ClN2S/c1-3-5(2)9-7-10-6(8)4-11-7/h4-5H,3H2,1-2H3,(H,9,10). The summed E-state index contributed by atoms with van der Waals surface area (Å²) >= 11 is 7.19. The van der Waals surface area contributed by atoms with Gasteiger partial charge in [0, 0.05) is 11.4 Å². The van der Waals surface area contributed by atoms with Crippen molar-refractivity contribution in [3.63, 3.8) is 0 Å². The van der Waals surface area contributed by atoms with Gasteiger partial charge in [-0.3, -0.25) is 0 Å². The molecular formula is C7H11ClN2S. The number of halogens is 1. The predicted molar refractivity (Wildman–Crippen MR) is 50.5 cm³/mol. The van der Waals surface area contributed by atoms with E-state index >= 15 is 0 Å². The van der Waals surface area contributed by atoms with E-state index in [0.717, 1.165) is 11.6 Å². The molecule has 2 nitrogen and oxygen atoms in total. The minimum atomic E-state index is 0.470. The summed E-state index contributed by atoms with van der Waals surface area (Å²) in [6.45, 7) is 4.25. The average Bonchev–Trinajstić information content (AvgIpc) is 2.35. The van der Waals surface area contributed by atoms with Gasteiger partial charge in [0.15, 0.2) is 5.13 Å². The molecule has 0 saturated heterocycles. The topological polar surface area (TPSA) is 24.9 Å². The van der Waals surface area contributed by atoms with Crippen molar-refractivity contribution in [2.24, 2.45) is 0 Å². The molecule has 1 N–H and O–H groups in total. The van der Waals surface area contributed by atoms with Crippen molar-refractivity contribution in [3.05, 3.63) is 10.5 Å². The molecule has 62 valence electrons. The Kier molecular flexibility index (Phi) is 3.15. The zero-order valence-corrected chi connectivity index (χ0v) is 8.17. The van der Waals surface area contributed by atoms with Crippen molar-refractivity contribution >= 4 is 28.1 Å². The number of thiazole rings is 1. The highest BCUT2D eigenvalue weighted by molar-refractivity contribution is 7.14. The molecule has 0 saturated carbocycles. The van der Waals surface area contributed by atoms with Crippen molar-refractivity contribution in [1.82, 2.24) is 4.98 Å². The van der Waals surface area contributed by atoms with Gasteiger partial charge in [0.05, 0.1) is 0 Å². The Morgan fingerprint density at radius 3 is 3.00 bits per heavy atom. The van der Waals surface area contributed by atoms with E-state index in [1.807, 2.05) is 5.38 Å². The van der Waals surface area contributed by atoms with Gasteiger partial charge < -0.3 is 5.32 Å². The SMILES string of the molecule is CCC(C)Nc1nc(Cl)cs1. The van der Waals surface area contributed by atoms with E-state index in [1.54, 1.807) is 0 Å². The van der Waals surface area contributed by atoms with E-state index < -0.39 is 0 Å². The van der Waals surface area contributed by atoms with E-state index in [-0.39, 0.29) is 0 Å². The number of anilines is 1. The molecule has 0 aliphatic heterocycles. The van der Waals surface area contributed by atoms with Crippen molar-refractivity contribution in [3.8, 4) is 0 Å². The molecule has 1 rings (SSSR count). The Morgan fingerprint density at radius 2 is 2.55 bits per heavy atom. The van der Waals surface area contributed by atoms with Crippen molar-refractivity contribution in [1.29, 1.82) is 0 Å². The molecule has 1 unspecified atom stereocenters. The third-order valence-corrected chi connectivity index (χ3v) is 2.55. The fourth-order valence-corrected chi connectivity index (χ4v) is 1.58. The highest BCUT2D eigenvalue weighted by atomic mass is 35.5. The Labute approximate surface area is 75.6 Å². The Bertz CT molecular complexity index is 224. The maximum absolute atomic E-state index is 5.65. The van der Waals surface area contributed by atoms with Gasteiger partial charge in [-0.25, -0.2) is 4.98 Å². The lowest BCUT2D eigenvalue weighted by Crippen LogP contribution is -2.12. The summed E-state index contributed by atoms with van der Waals surface area (Å²) < 4.78 is 0. The molecule has 1 heterocycles. The van der Waals surface area contributed by atoms with Gasteiger partial charge >= 0.3 is 0 Å². The summed E-state index contributed by atoms with van der Waals surface area (Å²) in [5.41, 5.74) is 0. The van der Waals surface area contributed by atoms with Crippen LogP contribution in [-0.4, -0.2) is 11.0 Å². The number of hydrogen-bond acceptors (Lipinski definition) is 3. The summed E-state index contributed by atoms with van der Waals surface area (Å²) in [6, 6.07) is 0.470. The molecule has 1 aromatic heterocycles. The Morgan fingerprint density at radius 1 is 1.82 bits per heavy atom. The van der Waals surface area contributed by atoms with E-state index in [4.69, 9.17) is 11.6 Å². The van der Waals surface area contributed by atoms with E-state index in [9.17, 15) is 0 Å². The van der Waals surface area contributed by atoms with E-state index in [1.165, 1.54) is 11.3 Å². The van der Waals surface area contributed by atoms with Crippen LogP contribution in [0.25, 0.3) is 0 Å². The lowest BCUT2D eigenvalue weighted by molar-refractivity contribution is 0.763. The van der Waals surface area contributed by atoms with E-state index in [0.29, 0.717) is 11.2 Å². The van der Waals surface area contributed by atoms with Crippen LogP contribution >= 0.6 is 22.9 Å². The second-order valence-electron chi connectivity index (χ2n) is 2.43. The van der Waals surface area contributed by atoms with Gasteiger partial charge in [-0.15, -0.1) is 11.3 Å². The first-order chi connectivity index (χ1) is 5.22. The van der Waals surface area contributed by atoms with Gasteiger partial charge in [-0.1, -0.05) is 18.5 Å². The molecule has 11 heavy (non-hydrogen) atoms. The number of hydrogen-bond donors (Lipinski definition) is 1. The molecule has 1 aromatic rings. The second kappa shape index (κ2) is 3.93. The highest BCUT2D eigenvalue weighted by Gasteiger charge is 2.01. The van der Waals surface area contributed by atoms with Gasteiger partial charge in [0.1, 0.15) is 5.15 Å². The van der Waals surface area contributed by atoms with E-state index in [2.05, 4.69) is 24.1 Å². The lowest BCUT2D eigenvalue weighted by Gasteiger charge is -2.08. The van der Waals surface area contributed by atoms with Crippen molar-refractivity contribution < 1.29 is 0 Å². The van der Waals surface area contributed by atoms with Crippen LogP contribution in [0.4, 0.5) is 5.13 Å². The largest absolute Gasteiger partial charge is 0.359 e. The van der Waals surface area contributed by atoms with Crippen molar-refractivity contribution in [2.75, 3.05) is 5.32 Å².